The first-order chi connectivity index (χ1) is 10.3. The molecule has 0 radical (unpaired) electrons. The van der Waals surface area contributed by atoms with E-state index < -0.39 is 0 Å². The van der Waals surface area contributed by atoms with Crippen molar-refractivity contribution < 1.29 is 4.74 Å². The molecule has 1 atom stereocenters. The number of thioether (sulfide) groups is 1. The van der Waals surface area contributed by atoms with Gasteiger partial charge in [-0.25, -0.2) is 0 Å². The molecule has 21 heavy (non-hydrogen) atoms. The van der Waals surface area contributed by atoms with Crippen LogP contribution in [0.3, 0.4) is 0 Å². The molecule has 0 aliphatic carbocycles. The van der Waals surface area contributed by atoms with Crippen LogP contribution in [0, 0.1) is 0 Å². The van der Waals surface area contributed by atoms with Gasteiger partial charge in [0.05, 0.1) is 0 Å². The summed E-state index contributed by atoms with van der Waals surface area (Å²) in [4.78, 5) is 1.38. The molecule has 1 heterocycles. The van der Waals surface area contributed by atoms with Crippen molar-refractivity contribution in [1.29, 1.82) is 0 Å². The van der Waals surface area contributed by atoms with Crippen LogP contribution in [0.25, 0.3) is 0 Å². The average Bonchev–Trinajstić information content (AvgIpc) is 2.89. The van der Waals surface area contributed by atoms with E-state index in [1.165, 1.54) is 10.5 Å². The summed E-state index contributed by atoms with van der Waals surface area (Å²) >= 11 is 1.91. The van der Waals surface area contributed by atoms with E-state index in [1.54, 1.807) is 0 Å². The summed E-state index contributed by atoms with van der Waals surface area (Å²) < 4.78 is 6.04. The fraction of sp³-hybridized carbons (Fsp3) is 0.222. The van der Waals surface area contributed by atoms with Crippen molar-refractivity contribution in [2.45, 2.75) is 23.0 Å². The summed E-state index contributed by atoms with van der Waals surface area (Å²) in [5.74, 6) is 0.917. The highest BCUT2D eigenvalue weighted by Crippen LogP contribution is 2.37. The van der Waals surface area contributed by atoms with E-state index in [9.17, 15) is 0 Å². The zero-order chi connectivity index (χ0) is 14.7. The summed E-state index contributed by atoms with van der Waals surface area (Å²) in [5.41, 5.74) is 9.14. The lowest BCUT2D eigenvalue weighted by atomic mass is 10.1. The molecule has 2 aromatic carbocycles. The summed E-state index contributed by atoms with van der Waals surface area (Å²) in [6, 6.07) is 14.4. The largest absolute Gasteiger partial charge is 0.492 e. The number of allylic oxidation sites excluding steroid dienone is 1. The molecule has 108 valence electrons. The van der Waals surface area contributed by atoms with Crippen LogP contribution in [0.5, 0.6) is 5.75 Å². The van der Waals surface area contributed by atoms with Crippen LogP contribution >= 0.6 is 11.8 Å². The lowest BCUT2D eigenvalue weighted by molar-refractivity contribution is 0.315. The third-order valence-corrected chi connectivity index (χ3v) is 4.88. The molecule has 3 rings (SSSR count). The molecule has 0 spiro atoms. The molecule has 2 N–H and O–H groups in total. The van der Waals surface area contributed by atoms with Gasteiger partial charge in [0.15, 0.2) is 0 Å². The van der Waals surface area contributed by atoms with Crippen molar-refractivity contribution >= 4 is 17.4 Å². The van der Waals surface area contributed by atoms with Gasteiger partial charge in [-0.2, -0.15) is 0 Å². The van der Waals surface area contributed by atoms with Gasteiger partial charge in [-0.15, -0.1) is 18.3 Å². The zero-order valence-electron chi connectivity index (χ0n) is 11.9. The number of fused-ring (bicyclic) bond motifs is 1. The number of hydrogen-bond donors (Lipinski definition) is 1. The third-order valence-electron chi connectivity index (χ3n) is 3.59. The van der Waals surface area contributed by atoms with Crippen molar-refractivity contribution in [2.75, 3.05) is 12.3 Å². The van der Waals surface area contributed by atoms with Crippen LogP contribution in [0.15, 0.2) is 60.0 Å². The molecule has 0 bridgehead atoms. The topological polar surface area (TPSA) is 35.2 Å². The van der Waals surface area contributed by atoms with Gasteiger partial charge in [0, 0.05) is 15.8 Å². The first-order valence-electron chi connectivity index (χ1n) is 7.13. The number of ether oxygens (including phenoxy) is 1. The van der Waals surface area contributed by atoms with Gasteiger partial charge < -0.3 is 10.5 Å². The maximum atomic E-state index is 6.04. The van der Waals surface area contributed by atoms with E-state index in [1.807, 2.05) is 36.0 Å². The molecule has 1 aliphatic heterocycles. The van der Waals surface area contributed by atoms with Crippen LogP contribution in [0.2, 0.25) is 0 Å². The smallest absolute Gasteiger partial charge is 0.123 e. The Morgan fingerprint density at radius 2 is 2.14 bits per heavy atom. The van der Waals surface area contributed by atoms with E-state index in [0.29, 0.717) is 11.9 Å². The van der Waals surface area contributed by atoms with Gasteiger partial charge in [-0.1, -0.05) is 24.3 Å². The molecule has 1 aliphatic rings. The minimum absolute atomic E-state index is 0.483. The lowest BCUT2D eigenvalue weighted by Crippen LogP contribution is -2.14. The predicted octanol–water partition coefficient (Wildman–Crippen LogP) is 4.09. The number of hydrogen-bond acceptors (Lipinski definition) is 3. The standard InChI is InChI=1S/C18H19NOS/c1-2-5-13-10-15(19)8-9-17(13)20-12-16-11-14-6-3-4-7-18(14)21-16/h2-4,6-10,16H,1,5,11-12,19H2. The molecule has 3 heteroatoms. The Bertz CT molecular complexity index is 628. The monoisotopic (exact) mass is 297 g/mol. The maximum absolute atomic E-state index is 6.04. The second kappa shape index (κ2) is 6.27. The van der Waals surface area contributed by atoms with Crippen LogP contribution in [-0.2, 0) is 12.8 Å². The summed E-state index contributed by atoms with van der Waals surface area (Å²) in [6.45, 7) is 4.51. The summed E-state index contributed by atoms with van der Waals surface area (Å²) in [6.07, 6.45) is 3.73. The van der Waals surface area contributed by atoms with E-state index >= 15 is 0 Å². The highest BCUT2D eigenvalue weighted by atomic mass is 32.2. The number of benzene rings is 2. The molecular formula is C18H19NOS. The van der Waals surface area contributed by atoms with E-state index in [2.05, 4.69) is 30.8 Å². The van der Waals surface area contributed by atoms with Gasteiger partial charge >= 0.3 is 0 Å². The van der Waals surface area contributed by atoms with Crippen molar-refractivity contribution in [2.24, 2.45) is 0 Å². The second-order valence-electron chi connectivity index (χ2n) is 5.22. The fourth-order valence-corrected chi connectivity index (χ4v) is 3.80. The van der Waals surface area contributed by atoms with Crippen LogP contribution in [0.4, 0.5) is 5.69 Å². The quantitative estimate of drug-likeness (QED) is 0.667. The zero-order valence-corrected chi connectivity index (χ0v) is 12.7. The maximum Gasteiger partial charge on any atom is 0.123 e. The van der Waals surface area contributed by atoms with Crippen LogP contribution < -0.4 is 10.5 Å². The highest BCUT2D eigenvalue weighted by Gasteiger charge is 2.22. The Morgan fingerprint density at radius 3 is 2.95 bits per heavy atom. The van der Waals surface area contributed by atoms with Gasteiger partial charge in [-0.05, 0) is 48.2 Å². The number of nitrogens with two attached hydrogens (primary N) is 1. The molecule has 0 saturated heterocycles. The van der Waals surface area contributed by atoms with Gasteiger partial charge in [0.25, 0.3) is 0 Å². The summed E-state index contributed by atoms with van der Waals surface area (Å²) in [5, 5.41) is 0.483. The van der Waals surface area contributed by atoms with Gasteiger partial charge in [-0.3, -0.25) is 0 Å². The van der Waals surface area contributed by atoms with Gasteiger partial charge in [0.1, 0.15) is 12.4 Å². The van der Waals surface area contributed by atoms with Crippen molar-refractivity contribution in [1.82, 2.24) is 0 Å². The van der Waals surface area contributed by atoms with Crippen LogP contribution in [-0.4, -0.2) is 11.9 Å². The fourth-order valence-electron chi connectivity index (χ4n) is 2.58. The number of nitrogen functional groups attached to an aromatic ring is 1. The van der Waals surface area contributed by atoms with Crippen LogP contribution in [0.1, 0.15) is 11.1 Å². The normalized spacial score (nSPS) is 16.5. The molecule has 0 aromatic heterocycles. The Balaban J connectivity index is 1.65. The molecule has 0 saturated carbocycles. The molecule has 2 aromatic rings. The van der Waals surface area contributed by atoms with Gasteiger partial charge in [0.2, 0.25) is 0 Å². The minimum atomic E-state index is 0.483. The Labute approximate surface area is 130 Å². The molecular weight excluding hydrogens is 278 g/mol. The third kappa shape index (κ3) is 3.24. The summed E-state index contributed by atoms with van der Waals surface area (Å²) in [7, 11) is 0. The predicted molar refractivity (Wildman–Crippen MR) is 90.0 cm³/mol. The van der Waals surface area contributed by atoms with E-state index in [4.69, 9.17) is 10.5 Å². The SMILES string of the molecule is C=CCc1cc(N)ccc1OCC1Cc2ccccc2S1. The highest BCUT2D eigenvalue weighted by molar-refractivity contribution is 8.00. The molecule has 2 nitrogen and oxygen atoms in total. The van der Waals surface area contributed by atoms with Crippen molar-refractivity contribution in [3.05, 3.63) is 66.2 Å². The van der Waals surface area contributed by atoms with Crippen molar-refractivity contribution in [3.8, 4) is 5.75 Å². The van der Waals surface area contributed by atoms with E-state index in [0.717, 1.165) is 29.8 Å². The first-order valence-corrected chi connectivity index (χ1v) is 8.01. The Morgan fingerprint density at radius 1 is 1.29 bits per heavy atom. The average molecular weight is 297 g/mol. The van der Waals surface area contributed by atoms with E-state index in [-0.39, 0.29) is 0 Å². The van der Waals surface area contributed by atoms with Crippen molar-refractivity contribution in [3.63, 3.8) is 0 Å². The minimum Gasteiger partial charge on any atom is -0.492 e. The Kier molecular flexibility index (Phi) is 4.20. The number of anilines is 1. The Hall–Kier alpha value is -1.87. The molecule has 1 unspecified atom stereocenters. The molecule has 0 amide bonds. The first kappa shape index (κ1) is 14.1. The second-order valence-corrected chi connectivity index (χ2v) is 6.56. The lowest BCUT2D eigenvalue weighted by Gasteiger charge is -2.14. The molecule has 0 fully saturated rings. The number of rotatable bonds is 5.